The van der Waals surface area contributed by atoms with Crippen LogP contribution in [0.3, 0.4) is 0 Å². The van der Waals surface area contributed by atoms with Crippen LogP contribution in [-0.4, -0.2) is 11.7 Å². The van der Waals surface area contributed by atoms with Gasteiger partial charge < -0.3 is 10.6 Å². The summed E-state index contributed by atoms with van der Waals surface area (Å²) < 4.78 is 0. The first kappa shape index (κ1) is 12.0. The summed E-state index contributed by atoms with van der Waals surface area (Å²) in [5, 5.41) is 6.98. The third-order valence-electron chi connectivity index (χ3n) is 2.17. The minimum atomic E-state index is 0.498. The number of nitrogens with one attached hydrogen (secondary N) is 2. The molecule has 0 amide bonds. The molecule has 0 radical (unpaired) electrons. The van der Waals surface area contributed by atoms with Crippen LogP contribution in [0.5, 0.6) is 0 Å². The first-order chi connectivity index (χ1) is 7.15. The van der Waals surface area contributed by atoms with Crippen LogP contribution in [0.15, 0.2) is 24.3 Å². The Morgan fingerprint density at radius 3 is 2.60 bits per heavy atom. The highest BCUT2D eigenvalue weighted by Gasteiger charge is 2.05. The summed E-state index contributed by atoms with van der Waals surface area (Å²) >= 11 is 5.16. The monoisotopic (exact) mass is 222 g/mol. The third-order valence-corrected chi connectivity index (χ3v) is 2.41. The number of hydrogen-bond donors (Lipinski definition) is 2. The molecule has 0 bridgehead atoms. The number of thiocarbonyl (C=S) groups is 1. The fourth-order valence-electron chi connectivity index (χ4n) is 1.44. The minimum absolute atomic E-state index is 0.498. The molecule has 1 aromatic carbocycles. The van der Waals surface area contributed by atoms with Crippen LogP contribution < -0.4 is 10.6 Å². The predicted octanol–water partition coefficient (Wildman–Crippen LogP) is 3.12. The quantitative estimate of drug-likeness (QED) is 0.768. The summed E-state index contributed by atoms with van der Waals surface area (Å²) in [7, 11) is 0. The van der Waals surface area contributed by atoms with Crippen molar-refractivity contribution < 1.29 is 0 Å². The van der Waals surface area contributed by atoms with Crippen molar-refractivity contribution in [1.82, 2.24) is 5.32 Å². The molecular formula is C12H18N2S. The minimum Gasteiger partial charge on any atom is -0.363 e. The Kier molecular flexibility index (Phi) is 4.56. The summed E-state index contributed by atoms with van der Waals surface area (Å²) in [6.07, 6.45) is 0. The van der Waals surface area contributed by atoms with E-state index in [1.165, 1.54) is 5.56 Å². The van der Waals surface area contributed by atoms with Gasteiger partial charge in [-0.2, -0.15) is 0 Å². The average molecular weight is 222 g/mol. The largest absolute Gasteiger partial charge is 0.363 e. The van der Waals surface area contributed by atoms with Crippen LogP contribution in [0.4, 0.5) is 5.69 Å². The van der Waals surface area contributed by atoms with E-state index in [1.54, 1.807) is 0 Å². The lowest BCUT2D eigenvalue weighted by molar-refractivity contribution is 0.869. The second-order valence-electron chi connectivity index (χ2n) is 3.73. The summed E-state index contributed by atoms with van der Waals surface area (Å²) in [6, 6.07) is 8.25. The smallest absolute Gasteiger partial charge is 0.170 e. The van der Waals surface area contributed by atoms with Crippen molar-refractivity contribution in [3.05, 3.63) is 29.8 Å². The van der Waals surface area contributed by atoms with Crippen molar-refractivity contribution in [2.24, 2.45) is 0 Å². The molecule has 1 rings (SSSR count). The van der Waals surface area contributed by atoms with Crippen LogP contribution in [0, 0.1) is 0 Å². The Bertz CT molecular complexity index is 334. The van der Waals surface area contributed by atoms with Crippen molar-refractivity contribution >= 4 is 23.0 Å². The molecule has 0 unspecified atom stereocenters. The lowest BCUT2D eigenvalue weighted by atomic mass is 10.0. The van der Waals surface area contributed by atoms with Crippen LogP contribution in [0.1, 0.15) is 32.3 Å². The second kappa shape index (κ2) is 5.71. The number of rotatable bonds is 3. The van der Waals surface area contributed by atoms with Gasteiger partial charge in [-0.05, 0) is 36.7 Å². The molecule has 0 aliphatic rings. The highest BCUT2D eigenvalue weighted by atomic mass is 32.1. The zero-order chi connectivity index (χ0) is 11.3. The molecule has 0 aromatic heterocycles. The van der Waals surface area contributed by atoms with Crippen molar-refractivity contribution in [2.75, 3.05) is 11.9 Å². The van der Waals surface area contributed by atoms with Gasteiger partial charge in [0.1, 0.15) is 0 Å². The third kappa shape index (κ3) is 3.51. The molecule has 0 saturated carbocycles. The average Bonchev–Trinajstić information content (AvgIpc) is 2.18. The molecule has 1 aromatic rings. The van der Waals surface area contributed by atoms with Crippen molar-refractivity contribution in [1.29, 1.82) is 0 Å². The maximum atomic E-state index is 5.16. The molecule has 82 valence electrons. The van der Waals surface area contributed by atoms with Crippen molar-refractivity contribution in [2.45, 2.75) is 26.7 Å². The fourth-order valence-corrected chi connectivity index (χ4v) is 1.70. The molecule has 0 aliphatic carbocycles. The second-order valence-corrected chi connectivity index (χ2v) is 4.13. The maximum absolute atomic E-state index is 5.16. The van der Waals surface area contributed by atoms with Crippen molar-refractivity contribution in [3.8, 4) is 0 Å². The maximum Gasteiger partial charge on any atom is 0.170 e. The predicted molar refractivity (Wildman–Crippen MR) is 70.4 cm³/mol. The Hall–Kier alpha value is -1.09. The Labute approximate surface area is 97.1 Å². The van der Waals surface area contributed by atoms with E-state index in [0.717, 1.165) is 12.2 Å². The van der Waals surface area contributed by atoms with Crippen LogP contribution >= 0.6 is 12.2 Å². The van der Waals surface area contributed by atoms with Gasteiger partial charge >= 0.3 is 0 Å². The van der Waals surface area contributed by atoms with E-state index < -0.39 is 0 Å². The zero-order valence-electron chi connectivity index (χ0n) is 9.50. The van der Waals surface area contributed by atoms with Gasteiger partial charge in [0, 0.05) is 12.2 Å². The van der Waals surface area contributed by atoms with E-state index in [1.807, 2.05) is 13.0 Å². The molecule has 0 aliphatic heterocycles. The van der Waals surface area contributed by atoms with Crippen LogP contribution in [0.25, 0.3) is 0 Å². The molecule has 0 heterocycles. The first-order valence-electron chi connectivity index (χ1n) is 5.29. The fraction of sp³-hybridized carbons (Fsp3) is 0.417. The molecule has 0 fully saturated rings. The topological polar surface area (TPSA) is 24.1 Å². The van der Waals surface area contributed by atoms with Gasteiger partial charge in [-0.25, -0.2) is 0 Å². The number of anilines is 1. The van der Waals surface area contributed by atoms with Gasteiger partial charge in [0.2, 0.25) is 0 Å². The zero-order valence-corrected chi connectivity index (χ0v) is 10.3. The van der Waals surface area contributed by atoms with Gasteiger partial charge in [0.05, 0.1) is 0 Å². The van der Waals surface area contributed by atoms with E-state index in [0.29, 0.717) is 11.0 Å². The van der Waals surface area contributed by atoms with Gasteiger partial charge in [0.25, 0.3) is 0 Å². The van der Waals surface area contributed by atoms with Crippen LogP contribution in [0.2, 0.25) is 0 Å². The molecule has 2 nitrogen and oxygen atoms in total. The summed E-state index contributed by atoms with van der Waals surface area (Å²) in [6.45, 7) is 7.23. The Morgan fingerprint density at radius 1 is 1.33 bits per heavy atom. The molecule has 2 N–H and O–H groups in total. The molecule has 0 spiro atoms. The standard InChI is InChI=1S/C12H18N2S/c1-4-13-12(15)14-11-8-6-5-7-10(11)9(2)3/h5-9H,4H2,1-3H3,(H2,13,14,15). The van der Waals surface area contributed by atoms with Gasteiger partial charge in [-0.1, -0.05) is 32.0 Å². The van der Waals surface area contributed by atoms with E-state index >= 15 is 0 Å². The highest BCUT2D eigenvalue weighted by Crippen LogP contribution is 2.23. The van der Waals surface area contributed by atoms with E-state index in [-0.39, 0.29) is 0 Å². The normalized spacial score (nSPS) is 10.1. The first-order valence-corrected chi connectivity index (χ1v) is 5.69. The number of benzene rings is 1. The summed E-state index contributed by atoms with van der Waals surface area (Å²) in [5.41, 5.74) is 2.39. The lowest BCUT2D eigenvalue weighted by Crippen LogP contribution is -2.28. The summed E-state index contributed by atoms with van der Waals surface area (Å²) in [5.74, 6) is 0.498. The molecule has 3 heteroatoms. The summed E-state index contributed by atoms with van der Waals surface area (Å²) in [4.78, 5) is 0. The van der Waals surface area contributed by atoms with Crippen molar-refractivity contribution in [3.63, 3.8) is 0 Å². The molecule has 0 atom stereocenters. The van der Waals surface area contributed by atoms with Gasteiger partial charge in [0.15, 0.2) is 5.11 Å². The van der Waals surface area contributed by atoms with E-state index in [2.05, 4.69) is 42.7 Å². The van der Waals surface area contributed by atoms with E-state index in [9.17, 15) is 0 Å². The van der Waals surface area contributed by atoms with Gasteiger partial charge in [-0.15, -0.1) is 0 Å². The van der Waals surface area contributed by atoms with E-state index in [4.69, 9.17) is 12.2 Å². The van der Waals surface area contributed by atoms with Gasteiger partial charge in [-0.3, -0.25) is 0 Å². The molecule has 0 saturated heterocycles. The SMILES string of the molecule is CCNC(=S)Nc1ccccc1C(C)C. The highest BCUT2D eigenvalue weighted by molar-refractivity contribution is 7.80. The van der Waals surface area contributed by atoms with Crippen LogP contribution in [-0.2, 0) is 0 Å². The number of para-hydroxylation sites is 1. The number of hydrogen-bond acceptors (Lipinski definition) is 1. The lowest BCUT2D eigenvalue weighted by Gasteiger charge is -2.15. The molecule has 15 heavy (non-hydrogen) atoms. The Balaban J connectivity index is 2.80. The Morgan fingerprint density at radius 2 is 2.00 bits per heavy atom. The molecular weight excluding hydrogens is 204 g/mol.